The fourth-order valence-electron chi connectivity index (χ4n) is 3.10. The van der Waals surface area contributed by atoms with E-state index in [1.54, 1.807) is 0 Å². The lowest BCUT2D eigenvalue weighted by Gasteiger charge is -2.41. The summed E-state index contributed by atoms with van der Waals surface area (Å²) in [6, 6.07) is 0.415. The molecule has 2 rings (SSSR count). The average Bonchev–Trinajstić information content (AvgIpc) is 3.21. The first-order valence-electron chi connectivity index (χ1n) is 7.80. The van der Waals surface area contributed by atoms with Gasteiger partial charge in [0.15, 0.2) is 0 Å². The number of nitrogens with one attached hydrogen (secondary N) is 1. The lowest BCUT2D eigenvalue weighted by molar-refractivity contribution is -0.133. The number of amides is 1. The van der Waals surface area contributed by atoms with Crippen LogP contribution in [0.3, 0.4) is 0 Å². The first-order valence-corrected chi connectivity index (χ1v) is 7.80. The highest BCUT2D eigenvalue weighted by atomic mass is 16.2. The smallest absolute Gasteiger partial charge is 0.236 e. The highest BCUT2D eigenvalue weighted by Gasteiger charge is 2.30. The molecule has 1 amide bonds. The largest absolute Gasteiger partial charge is 0.341 e. The second-order valence-electron chi connectivity index (χ2n) is 6.31. The fraction of sp³-hybridized carbons (Fsp3) is 0.933. The molecule has 2 aliphatic rings. The maximum absolute atomic E-state index is 12.2. The molecular weight excluding hydrogens is 238 g/mol. The van der Waals surface area contributed by atoms with Gasteiger partial charge in [-0.05, 0) is 44.2 Å². The van der Waals surface area contributed by atoms with Crippen LogP contribution in [0.25, 0.3) is 0 Å². The van der Waals surface area contributed by atoms with Crippen molar-refractivity contribution >= 4 is 5.91 Å². The van der Waals surface area contributed by atoms with Crippen LogP contribution in [0, 0.1) is 11.8 Å². The highest BCUT2D eigenvalue weighted by molar-refractivity contribution is 5.78. The summed E-state index contributed by atoms with van der Waals surface area (Å²) in [5.74, 6) is 1.67. The summed E-state index contributed by atoms with van der Waals surface area (Å²) in [7, 11) is 1.98. The standard InChI is InChI=1S/C15H29N3O/c1-4-18-8-7-14(12(2)11-18)17(3)15(19)10-16-9-13-5-6-13/h12-14,16H,4-11H2,1-3H3. The van der Waals surface area contributed by atoms with Crippen LogP contribution in [0.1, 0.15) is 33.1 Å². The van der Waals surface area contributed by atoms with Gasteiger partial charge in [0, 0.05) is 26.2 Å². The first kappa shape index (κ1) is 14.8. The van der Waals surface area contributed by atoms with E-state index in [9.17, 15) is 4.79 Å². The van der Waals surface area contributed by atoms with Crippen LogP contribution in [0.5, 0.6) is 0 Å². The van der Waals surface area contributed by atoms with Crippen LogP contribution in [-0.2, 0) is 4.79 Å². The molecule has 0 bridgehead atoms. The number of piperidine rings is 1. The zero-order valence-corrected chi connectivity index (χ0v) is 12.7. The van der Waals surface area contributed by atoms with Gasteiger partial charge in [-0.15, -0.1) is 0 Å². The molecule has 1 saturated heterocycles. The minimum atomic E-state index is 0.252. The second kappa shape index (κ2) is 6.71. The Labute approximate surface area is 117 Å². The van der Waals surface area contributed by atoms with E-state index in [1.807, 2.05) is 11.9 Å². The third-order valence-electron chi connectivity index (χ3n) is 4.69. The molecule has 0 spiro atoms. The molecule has 1 heterocycles. The molecule has 19 heavy (non-hydrogen) atoms. The first-order chi connectivity index (χ1) is 9.11. The number of carbonyl (C=O) groups excluding carboxylic acids is 1. The maximum atomic E-state index is 12.2. The van der Waals surface area contributed by atoms with Crippen LogP contribution >= 0.6 is 0 Å². The van der Waals surface area contributed by atoms with Crippen LogP contribution < -0.4 is 5.32 Å². The number of nitrogens with zero attached hydrogens (tertiary/aromatic N) is 2. The zero-order chi connectivity index (χ0) is 13.8. The Morgan fingerprint density at radius 1 is 1.37 bits per heavy atom. The summed E-state index contributed by atoms with van der Waals surface area (Å²) < 4.78 is 0. The van der Waals surface area contributed by atoms with Crippen molar-refractivity contribution in [3.63, 3.8) is 0 Å². The van der Waals surface area contributed by atoms with E-state index in [4.69, 9.17) is 0 Å². The SMILES string of the molecule is CCN1CCC(N(C)C(=O)CNCC2CC2)C(C)C1. The Bertz CT molecular complexity index is 304. The van der Waals surface area contributed by atoms with Gasteiger partial charge in [-0.2, -0.15) is 0 Å². The molecule has 1 aliphatic heterocycles. The predicted octanol–water partition coefficient (Wildman–Crippen LogP) is 1.17. The molecule has 0 radical (unpaired) electrons. The van der Waals surface area contributed by atoms with Gasteiger partial charge in [0.2, 0.25) is 5.91 Å². The van der Waals surface area contributed by atoms with Gasteiger partial charge in [0.1, 0.15) is 0 Å². The molecule has 110 valence electrons. The van der Waals surface area contributed by atoms with Crippen molar-refractivity contribution in [3.05, 3.63) is 0 Å². The minimum Gasteiger partial charge on any atom is -0.341 e. The quantitative estimate of drug-likeness (QED) is 0.785. The van der Waals surface area contributed by atoms with E-state index >= 15 is 0 Å². The van der Waals surface area contributed by atoms with Crippen LogP contribution in [0.2, 0.25) is 0 Å². The lowest BCUT2D eigenvalue weighted by Crippen LogP contribution is -2.52. The van der Waals surface area contributed by atoms with Gasteiger partial charge >= 0.3 is 0 Å². The van der Waals surface area contributed by atoms with E-state index < -0.39 is 0 Å². The third kappa shape index (κ3) is 4.18. The summed E-state index contributed by atoms with van der Waals surface area (Å²) in [4.78, 5) is 16.7. The molecular formula is C15H29N3O. The maximum Gasteiger partial charge on any atom is 0.236 e. The van der Waals surface area contributed by atoms with E-state index in [0.717, 1.165) is 38.5 Å². The van der Waals surface area contributed by atoms with Crippen molar-refractivity contribution in [2.45, 2.75) is 39.2 Å². The van der Waals surface area contributed by atoms with Crippen LogP contribution in [0.15, 0.2) is 0 Å². The molecule has 0 aromatic rings. The van der Waals surface area contributed by atoms with Gasteiger partial charge in [-0.1, -0.05) is 13.8 Å². The van der Waals surface area contributed by atoms with E-state index in [1.165, 1.54) is 12.8 Å². The Balaban J connectivity index is 1.74. The van der Waals surface area contributed by atoms with Gasteiger partial charge in [0.25, 0.3) is 0 Å². The minimum absolute atomic E-state index is 0.252. The molecule has 2 unspecified atom stereocenters. The Morgan fingerprint density at radius 3 is 2.68 bits per heavy atom. The van der Waals surface area contributed by atoms with E-state index in [2.05, 4.69) is 24.1 Å². The van der Waals surface area contributed by atoms with Crippen molar-refractivity contribution in [3.8, 4) is 0 Å². The molecule has 4 nitrogen and oxygen atoms in total. The number of likely N-dealkylation sites (tertiary alicyclic amines) is 1. The van der Waals surface area contributed by atoms with Crippen molar-refractivity contribution in [1.82, 2.24) is 15.1 Å². The van der Waals surface area contributed by atoms with Crippen molar-refractivity contribution in [1.29, 1.82) is 0 Å². The van der Waals surface area contributed by atoms with Gasteiger partial charge in [-0.3, -0.25) is 4.79 Å². The molecule has 1 N–H and O–H groups in total. The number of rotatable bonds is 6. The second-order valence-corrected chi connectivity index (χ2v) is 6.31. The zero-order valence-electron chi connectivity index (χ0n) is 12.7. The Hall–Kier alpha value is -0.610. The number of hydrogen-bond donors (Lipinski definition) is 1. The average molecular weight is 267 g/mol. The predicted molar refractivity (Wildman–Crippen MR) is 78.0 cm³/mol. The molecule has 0 aromatic carbocycles. The summed E-state index contributed by atoms with van der Waals surface area (Å²) in [5.41, 5.74) is 0. The third-order valence-corrected chi connectivity index (χ3v) is 4.69. The van der Waals surface area contributed by atoms with Gasteiger partial charge in [-0.25, -0.2) is 0 Å². The van der Waals surface area contributed by atoms with Gasteiger partial charge in [0.05, 0.1) is 6.54 Å². The van der Waals surface area contributed by atoms with Gasteiger partial charge < -0.3 is 15.1 Å². The molecule has 4 heteroatoms. The molecule has 0 aromatic heterocycles. The van der Waals surface area contributed by atoms with E-state index in [-0.39, 0.29) is 5.91 Å². The summed E-state index contributed by atoms with van der Waals surface area (Å²) in [6.07, 6.45) is 3.78. The molecule has 2 atom stereocenters. The van der Waals surface area contributed by atoms with Crippen LogP contribution in [0.4, 0.5) is 0 Å². The topological polar surface area (TPSA) is 35.6 Å². The Morgan fingerprint density at radius 2 is 2.11 bits per heavy atom. The summed E-state index contributed by atoms with van der Waals surface area (Å²) >= 11 is 0. The summed E-state index contributed by atoms with van der Waals surface area (Å²) in [6.45, 7) is 9.37. The van der Waals surface area contributed by atoms with Crippen molar-refractivity contribution < 1.29 is 4.79 Å². The monoisotopic (exact) mass is 267 g/mol. The Kier molecular flexibility index (Phi) is 5.22. The number of carbonyl (C=O) groups is 1. The molecule has 1 aliphatic carbocycles. The lowest BCUT2D eigenvalue weighted by atomic mass is 9.92. The molecule has 1 saturated carbocycles. The van der Waals surface area contributed by atoms with Crippen LogP contribution in [-0.4, -0.2) is 61.5 Å². The highest BCUT2D eigenvalue weighted by Crippen LogP contribution is 2.27. The number of likely N-dealkylation sites (N-methyl/N-ethyl adjacent to an activating group) is 1. The fourth-order valence-corrected chi connectivity index (χ4v) is 3.10. The van der Waals surface area contributed by atoms with Crippen molar-refractivity contribution in [2.75, 3.05) is 39.8 Å². The number of hydrogen-bond acceptors (Lipinski definition) is 3. The normalized spacial score (nSPS) is 28.4. The molecule has 2 fully saturated rings. The van der Waals surface area contributed by atoms with E-state index in [0.29, 0.717) is 18.5 Å². The van der Waals surface area contributed by atoms with Crippen molar-refractivity contribution in [2.24, 2.45) is 11.8 Å². The summed E-state index contributed by atoms with van der Waals surface area (Å²) in [5, 5.41) is 3.30.